The molecule has 0 saturated carbocycles. The van der Waals surface area contributed by atoms with Gasteiger partial charge in [-0.1, -0.05) is 43.3 Å². The predicted octanol–water partition coefficient (Wildman–Crippen LogP) is 3.55. The van der Waals surface area contributed by atoms with E-state index in [1.807, 2.05) is 25.1 Å². The zero-order chi connectivity index (χ0) is 19.2. The van der Waals surface area contributed by atoms with Crippen LogP contribution in [0.25, 0.3) is 17.0 Å². The number of aryl methyl sites for hydroxylation is 1. The van der Waals surface area contributed by atoms with Crippen molar-refractivity contribution < 1.29 is 4.79 Å². The standard InChI is InChI=1S/C22H23N3O2/c1-3-16-9-11-17(12-10-16)13-14-21(26)25(4-2)15-20-23-19-8-6-5-7-18(19)22(27)24-20/h5-14H,3-4,15H2,1-2H3,(H,23,24,27). The van der Waals surface area contributed by atoms with Crippen LogP contribution in [0.2, 0.25) is 0 Å². The molecule has 0 aliphatic carbocycles. The van der Waals surface area contributed by atoms with E-state index in [1.54, 1.807) is 35.3 Å². The van der Waals surface area contributed by atoms with Crippen LogP contribution in [0.3, 0.4) is 0 Å². The quantitative estimate of drug-likeness (QED) is 0.683. The Morgan fingerprint density at radius 3 is 2.56 bits per heavy atom. The van der Waals surface area contributed by atoms with Gasteiger partial charge in [-0.2, -0.15) is 0 Å². The molecule has 0 fully saturated rings. The molecule has 3 aromatic rings. The van der Waals surface area contributed by atoms with Crippen LogP contribution >= 0.6 is 0 Å². The summed E-state index contributed by atoms with van der Waals surface area (Å²) in [5.41, 5.74) is 2.69. The van der Waals surface area contributed by atoms with E-state index in [4.69, 9.17) is 0 Å². The summed E-state index contributed by atoms with van der Waals surface area (Å²) in [6, 6.07) is 15.3. The minimum absolute atomic E-state index is 0.118. The van der Waals surface area contributed by atoms with E-state index >= 15 is 0 Å². The number of rotatable bonds is 6. The molecule has 0 saturated heterocycles. The number of hydrogen-bond acceptors (Lipinski definition) is 3. The van der Waals surface area contributed by atoms with Gasteiger partial charge in [-0.15, -0.1) is 0 Å². The molecule has 1 amide bonds. The molecule has 0 aliphatic rings. The SMILES string of the molecule is CCc1ccc(C=CC(=O)N(CC)Cc2nc3ccccc3c(=O)[nH]2)cc1. The second-order valence-electron chi connectivity index (χ2n) is 6.31. The predicted molar refractivity (Wildman–Crippen MR) is 108 cm³/mol. The summed E-state index contributed by atoms with van der Waals surface area (Å²) in [4.78, 5) is 33.6. The fourth-order valence-electron chi connectivity index (χ4n) is 2.87. The number of likely N-dealkylation sites (N-methyl/N-ethyl adjacent to an activating group) is 1. The molecule has 1 heterocycles. The Hall–Kier alpha value is -3.21. The molecule has 0 unspecified atom stereocenters. The Labute approximate surface area is 158 Å². The number of H-pyrrole nitrogens is 1. The van der Waals surface area contributed by atoms with E-state index in [-0.39, 0.29) is 18.0 Å². The van der Waals surface area contributed by atoms with E-state index in [0.717, 1.165) is 12.0 Å². The molecule has 0 spiro atoms. The molecule has 0 atom stereocenters. The number of carbonyl (C=O) groups is 1. The first-order chi connectivity index (χ1) is 13.1. The second kappa shape index (κ2) is 8.45. The zero-order valence-corrected chi connectivity index (χ0v) is 15.6. The molecule has 27 heavy (non-hydrogen) atoms. The Bertz CT molecular complexity index is 1020. The average Bonchev–Trinajstić information content (AvgIpc) is 2.70. The van der Waals surface area contributed by atoms with E-state index in [0.29, 0.717) is 23.3 Å². The Kier molecular flexibility index (Phi) is 5.81. The summed E-state index contributed by atoms with van der Waals surface area (Å²) in [7, 11) is 0. The first-order valence-electron chi connectivity index (χ1n) is 9.14. The average molecular weight is 361 g/mol. The Morgan fingerprint density at radius 1 is 1.11 bits per heavy atom. The summed E-state index contributed by atoms with van der Waals surface area (Å²) in [6.07, 6.45) is 4.36. The van der Waals surface area contributed by atoms with Gasteiger partial charge in [-0.3, -0.25) is 9.59 Å². The van der Waals surface area contributed by atoms with Crippen molar-refractivity contribution in [3.8, 4) is 0 Å². The van der Waals surface area contributed by atoms with Crippen LogP contribution in [0.1, 0.15) is 30.8 Å². The fraction of sp³-hybridized carbons (Fsp3) is 0.227. The fourth-order valence-corrected chi connectivity index (χ4v) is 2.87. The van der Waals surface area contributed by atoms with Gasteiger partial charge in [0.05, 0.1) is 17.4 Å². The summed E-state index contributed by atoms with van der Waals surface area (Å²) in [5, 5.41) is 0.547. The number of hydrogen-bond donors (Lipinski definition) is 1. The molecule has 5 heteroatoms. The number of para-hydroxylation sites is 1. The van der Waals surface area contributed by atoms with Gasteiger partial charge in [0, 0.05) is 12.6 Å². The van der Waals surface area contributed by atoms with Gasteiger partial charge in [0.25, 0.3) is 5.56 Å². The molecule has 0 aliphatic heterocycles. The van der Waals surface area contributed by atoms with Crippen molar-refractivity contribution in [1.29, 1.82) is 0 Å². The van der Waals surface area contributed by atoms with Crippen molar-refractivity contribution >= 4 is 22.9 Å². The van der Waals surface area contributed by atoms with E-state index in [9.17, 15) is 9.59 Å². The maximum atomic E-state index is 12.5. The summed E-state index contributed by atoms with van der Waals surface area (Å²) >= 11 is 0. The first kappa shape index (κ1) is 18.6. The number of aromatic amines is 1. The van der Waals surface area contributed by atoms with Crippen molar-refractivity contribution in [2.45, 2.75) is 26.8 Å². The highest BCUT2D eigenvalue weighted by Gasteiger charge is 2.12. The molecule has 0 bridgehead atoms. The van der Waals surface area contributed by atoms with Crippen molar-refractivity contribution in [3.05, 3.63) is 81.9 Å². The third-order valence-electron chi connectivity index (χ3n) is 4.50. The van der Waals surface area contributed by atoms with Crippen molar-refractivity contribution in [2.24, 2.45) is 0 Å². The van der Waals surface area contributed by atoms with Crippen LogP contribution in [0, 0.1) is 0 Å². The molecule has 1 aromatic heterocycles. The van der Waals surface area contributed by atoms with Gasteiger partial charge < -0.3 is 9.88 Å². The highest BCUT2D eigenvalue weighted by Crippen LogP contribution is 2.09. The van der Waals surface area contributed by atoms with Crippen molar-refractivity contribution in [1.82, 2.24) is 14.9 Å². The van der Waals surface area contributed by atoms with Gasteiger partial charge in [0.1, 0.15) is 5.82 Å². The van der Waals surface area contributed by atoms with Crippen molar-refractivity contribution in [3.63, 3.8) is 0 Å². The zero-order valence-electron chi connectivity index (χ0n) is 15.6. The lowest BCUT2D eigenvalue weighted by Gasteiger charge is -2.18. The smallest absolute Gasteiger partial charge is 0.258 e. The molecule has 5 nitrogen and oxygen atoms in total. The molecule has 0 radical (unpaired) electrons. The number of carbonyl (C=O) groups excluding carboxylic acids is 1. The Morgan fingerprint density at radius 2 is 1.85 bits per heavy atom. The van der Waals surface area contributed by atoms with Gasteiger partial charge in [-0.25, -0.2) is 4.98 Å². The summed E-state index contributed by atoms with van der Waals surface area (Å²) in [6.45, 7) is 4.79. The molecular weight excluding hydrogens is 338 g/mol. The molecule has 3 rings (SSSR count). The number of nitrogens with one attached hydrogen (secondary N) is 1. The maximum absolute atomic E-state index is 12.5. The highest BCUT2D eigenvalue weighted by atomic mass is 16.2. The monoisotopic (exact) mass is 361 g/mol. The van der Waals surface area contributed by atoms with Crippen LogP contribution in [0.15, 0.2) is 59.4 Å². The van der Waals surface area contributed by atoms with Gasteiger partial charge in [0.2, 0.25) is 5.91 Å². The lowest BCUT2D eigenvalue weighted by molar-refractivity contribution is -0.126. The number of aromatic nitrogens is 2. The second-order valence-corrected chi connectivity index (χ2v) is 6.31. The third-order valence-corrected chi connectivity index (χ3v) is 4.50. The summed E-state index contributed by atoms with van der Waals surface area (Å²) < 4.78 is 0. The first-order valence-corrected chi connectivity index (χ1v) is 9.14. The van der Waals surface area contributed by atoms with Crippen LogP contribution in [-0.4, -0.2) is 27.3 Å². The van der Waals surface area contributed by atoms with Gasteiger partial charge >= 0.3 is 0 Å². The molecule has 1 N–H and O–H groups in total. The van der Waals surface area contributed by atoms with E-state index in [2.05, 4.69) is 29.0 Å². The lowest BCUT2D eigenvalue weighted by Crippen LogP contribution is -2.30. The van der Waals surface area contributed by atoms with Gasteiger partial charge in [0.15, 0.2) is 0 Å². The minimum atomic E-state index is -0.189. The molecule has 138 valence electrons. The maximum Gasteiger partial charge on any atom is 0.258 e. The van der Waals surface area contributed by atoms with Crippen LogP contribution in [-0.2, 0) is 17.8 Å². The molecular formula is C22H23N3O2. The number of fused-ring (bicyclic) bond motifs is 1. The summed E-state index contributed by atoms with van der Waals surface area (Å²) in [5.74, 6) is 0.363. The van der Waals surface area contributed by atoms with Crippen LogP contribution in [0.5, 0.6) is 0 Å². The molecule has 2 aromatic carbocycles. The van der Waals surface area contributed by atoms with Crippen LogP contribution < -0.4 is 5.56 Å². The topological polar surface area (TPSA) is 66.1 Å². The van der Waals surface area contributed by atoms with E-state index < -0.39 is 0 Å². The minimum Gasteiger partial charge on any atom is -0.332 e. The number of benzene rings is 2. The van der Waals surface area contributed by atoms with Gasteiger partial charge in [-0.05, 0) is 42.7 Å². The lowest BCUT2D eigenvalue weighted by atomic mass is 10.1. The number of nitrogens with zero attached hydrogens (tertiary/aromatic N) is 2. The number of amides is 1. The largest absolute Gasteiger partial charge is 0.332 e. The van der Waals surface area contributed by atoms with Crippen LogP contribution in [0.4, 0.5) is 0 Å². The Balaban J connectivity index is 1.75. The highest BCUT2D eigenvalue weighted by molar-refractivity contribution is 5.91. The third kappa shape index (κ3) is 4.50. The normalized spacial score (nSPS) is 11.2. The van der Waals surface area contributed by atoms with Crippen molar-refractivity contribution in [2.75, 3.05) is 6.54 Å². The van der Waals surface area contributed by atoms with E-state index in [1.165, 1.54) is 5.56 Å².